The molecule has 0 unspecified atom stereocenters. The largest absolute Gasteiger partial charge is 0.393 e. The van der Waals surface area contributed by atoms with Crippen molar-refractivity contribution in [2.24, 2.45) is 11.3 Å². The predicted molar refractivity (Wildman–Crippen MR) is 94.7 cm³/mol. The van der Waals surface area contributed by atoms with Crippen molar-refractivity contribution in [1.29, 1.82) is 0 Å². The van der Waals surface area contributed by atoms with Crippen LogP contribution in [0.25, 0.3) is 0 Å². The Morgan fingerprint density at radius 1 is 1.33 bits per heavy atom. The Hall–Kier alpha value is -1.59. The van der Waals surface area contributed by atoms with Crippen molar-refractivity contribution in [3.63, 3.8) is 0 Å². The second-order valence-electron chi connectivity index (χ2n) is 7.53. The van der Waals surface area contributed by atoms with Gasteiger partial charge < -0.3 is 20.5 Å². The third-order valence-corrected chi connectivity index (χ3v) is 4.44. The van der Waals surface area contributed by atoms with Gasteiger partial charge in [0.05, 0.1) is 12.2 Å². The van der Waals surface area contributed by atoms with Gasteiger partial charge >= 0.3 is 6.03 Å². The van der Waals surface area contributed by atoms with Crippen LogP contribution in [-0.2, 0) is 4.74 Å². The average Bonchev–Trinajstić information content (AvgIpc) is 2.99. The third kappa shape index (κ3) is 5.80. The van der Waals surface area contributed by atoms with Crippen molar-refractivity contribution < 1.29 is 14.6 Å². The number of urea groups is 1. The zero-order valence-electron chi connectivity index (χ0n) is 14.9. The molecule has 1 saturated heterocycles. The molecular weight excluding hydrogens is 304 g/mol. The summed E-state index contributed by atoms with van der Waals surface area (Å²) in [6, 6.07) is 10.0. The molecule has 2 amide bonds. The van der Waals surface area contributed by atoms with Gasteiger partial charge in [-0.3, -0.25) is 0 Å². The van der Waals surface area contributed by atoms with Gasteiger partial charge in [-0.2, -0.15) is 0 Å². The van der Waals surface area contributed by atoms with Gasteiger partial charge in [-0.1, -0.05) is 44.2 Å². The second kappa shape index (κ2) is 8.49. The van der Waals surface area contributed by atoms with Crippen molar-refractivity contribution >= 4 is 6.03 Å². The fraction of sp³-hybridized carbons (Fsp3) is 0.632. The van der Waals surface area contributed by atoms with E-state index in [4.69, 9.17) is 4.74 Å². The lowest BCUT2D eigenvalue weighted by Gasteiger charge is -2.26. The SMILES string of the molecule is C[C@H](O)CC(C)(C)CNC(=O)NC[C@H]1CCO[C@@H]1c1ccccc1. The van der Waals surface area contributed by atoms with Crippen LogP contribution >= 0.6 is 0 Å². The van der Waals surface area contributed by atoms with Crippen LogP contribution in [0.1, 0.15) is 45.3 Å². The number of nitrogens with one attached hydrogen (secondary N) is 2. The lowest BCUT2D eigenvalue weighted by Crippen LogP contribution is -2.43. The van der Waals surface area contributed by atoms with Crippen molar-refractivity contribution in [3.8, 4) is 0 Å². The van der Waals surface area contributed by atoms with E-state index in [0.29, 0.717) is 25.4 Å². The van der Waals surface area contributed by atoms with Crippen molar-refractivity contribution in [3.05, 3.63) is 35.9 Å². The molecule has 1 aromatic carbocycles. The molecule has 134 valence electrons. The van der Waals surface area contributed by atoms with Gasteiger partial charge in [0.1, 0.15) is 0 Å². The van der Waals surface area contributed by atoms with Crippen LogP contribution in [0.3, 0.4) is 0 Å². The van der Waals surface area contributed by atoms with Gasteiger partial charge in [-0.25, -0.2) is 4.79 Å². The average molecular weight is 334 g/mol. The Balaban J connectivity index is 1.77. The van der Waals surface area contributed by atoms with Gasteiger partial charge in [-0.05, 0) is 30.7 Å². The van der Waals surface area contributed by atoms with Gasteiger partial charge in [-0.15, -0.1) is 0 Å². The lowest BCUT2D eigenvalue weighted by atomic mass is 9.87. The first-order valence-corrected chi connectivity index (χ1v) is 8.74. The van der Waals surface area contributed by atoms with Crippen LogP contribution in [0.4, 0.5) is 4.79 Å². The first-order chi connectivity index (χ1) is 11.4. The van der Waals surface area contributed by atoms with Crippen molar-refractivity contribution in [2.45, 2.75) is 45.8 Å². The minimum atomic E-state index is -0.368. The molecule has 0 saturated carbocycles. The topological polar surface area (TPSA) is 70.6 Å². The molecule has 0 bridgehead atoms. The molecule has 0 aromatic heterocycles. The van der Waals surface area contributed by atoms with Crippen LogP contribution in [0, 0.1) is 11.3 Å². The van der Waals surface area contributed by atoms with Crippen LogP contribution in [0.2, 0.25) is 0 Å². The molecule has 1 fully saturated rings. The van der Waals surface area contributed by atoms with Gasteiger partial charge in [0, 0.05) is 25.6 Å². The highest BCUT2D eigenvalue weighted by Gasteiger charge is 2.30. The second-order valence-corrected chi connectivity index (χ2v) is 7.53. The fourth-order valence-corrected chi connectivity index (χ4v) is 3.33. The van der Waals surface area contributed by atoms with E-state index in [1.807, 2.05) is 32.0 Å². The van der Waals surface area contributed by atoms with E-state index in [9.17, 15) is 9.90 Å². The number of hydrogen-bond acceptors (Lipinski definition) is 3. The van der Waals surface area contributed by atoms with Gasteiger partial charge in [0.25, 0.3) is 0 Å². The van der Waals surface area contributed by atoms with E-state index in [-0.39, 0.29) is 23.7 Å². The van der Waals surface area contributed by atoms with Crippen molar-refractivity contribution in [1.82, 2.24) is 10.6 Å². The summed E-state index contributed by atoms with van der Waals surface area (Å²) >= 11 is 0. The summed E-state index contributed by atoms with van der Waals surface area (Å²) < 4.78 is 5.84. The molecule has 0 aliphatic carbocycles. The van der Waals surface area contributed by atoms with Crippen LogP contribution < -0.4 is 10.6 Å². The highest BCUT2D eigenvalue weighted by molar-refractivity contribution is 5.73. The summed E-state index contributed by atoms with van der Waals surface area (Å²) in [5, 5.41) is 15.4. The molecule has 1 aliphatic rings. The zero-order valence-corrected chi connectivity index (χ0v) is 14.9. The number of hydrogen-bond donors (Lipinski definition) is 3. The zero-order chi connectivity index (χ0) is 17.6. The highest BCUT2D eigenvalue weighted by Crippen LogP contribution is 2.33. The van der Waals surface area contributed by atoms with Crippen LogP contribution in [0.5, 0.6) is 0 Å². The van der Waals surface area contributed by atoms with Gasteiger partial charge in [0.15, 0.2) is 0 Å². The smallest absolute Gasteiger partial charge is 0.314 e. The highest BCUT2D eigenvalue weighted by atomic mass is 16.5. The molecule has 3 N–H and O–H groups in total. The summed E-state index contributed by atoms with van der Waals surface area (Å²) in [6.07, 6.45) is 1.29. The molecule has 5 heteroatoms. The van der Waals surface area contributed by atoms with Gasteiger partial charge in [0.2, 0.25) is 0 Å². The summed E-state index contributed by atoms with van der Waals surface area (Å²) in [5.74, 6) is 0.295. The molecule has 1 aromatic rings. The Morgan fingerprint density at radius 2 is 2.04 bits per heavy atom. The summed E-state index contributed by atoms with van der Waals surface area (Å²) in [5.41, 5.74) is 1.04. The first kappa shape index (κ1) is 18.7. The normalized spacial score (nSPS) is 22.2. The summed E-state index contributed by atoms with van der Waals surface area (Å²) in [7, 11) is 0. The van der Waals surface area contributed by atoms with E-state index in [1.54, 1.807) is 6.92 Å². The number of aliphatic hydroxyl groups is 1. The maximum atomic E-state index is 12.0. The molecule has 0 spiro atoms. The summed E-state index contributed by atoms with van der Waals surface area (Å²) in [4.78, 5) is 12.0. The molecule has 3 atom stereocenters. The maximum Gasteiger partial charge on any atom is 0.314 e. The number of benzene rings is 1. The number of rotatable bonds is 7. The monoisotopic (exact) mass is 334 g/mol. The molecule has 1 aliphatic heterocycles. The first-order valence-electron chi connectivity index (χ1n) is 8.74. The van der Waals surface area contributed by atoms with E-state index in [2.05, 4.69) is 22.8 Å². The molecular formula is C19H30N2O3. The molecule has 5 nitrogen and oxygen atoms in total. The molecule has 24 heavy (non-hydrogen) atoms. The van der Waals surface area contributed by atoms with E-state index < -0.39 is 0 Å². The number of carbonyl (C=O) groups is 1. The van der Waals surface area contributed by atoms with E-state index >= 15 is 0 Å². The standard InChI is InChI=1S/C19H30N2O3/c1-14(22)11-19(2,3)13-21-18(23)20-12-16-9-10-24-17(16)15-7-5-4-6-8-15/h4-8,14,16-17,22H,9-13H2,1-3H3,(H2,20,21,23)/t14-,16+,17+/m0/s1. The molecule has 0 radical (unpaired) electrons. The molecule has 1 heterocycles. The molecule has 2 rings (SSSR count). The quantitative estimate of drug-likeness (QED) is 0.718. The number of aliphatic hydroxyl groups excluding tert-OH is 1. The predicted octanol–water partition coefficient (Wildman–Crippen LogP) is 2.86. The Labute approximate surface area is 144 Å². The van der Waals surface area contributed by atoms with Crippen LogP contribution in [0.15, 0.2) is 30.3 Å². The lowest BCUT2D eigenvalue weighted by molar-refractivity contribution is 0.0908. The van der Waals surface area contributed by atoms with E-state index in [0.717, 1.165) is 13.0 Å². The Bertz CT molecular complexity index is 517. The number of ether oxygens (including phenoxy) is 1. The number of carbonyl (C=O) groups excluding carboxylic acids is 1. The van der Waals surface area contributed by atoms with Crippen LogP contribution in [-0.4, -0.2) is 36.9 Å². The number of amides is 2. The Kier molecular flexibility index (Phi) is 6.63. The maximum absolute atomic E-state index is 12.0. The van der Waals surface area contributed by atoms with E-state index in [1.165, 1.54) is 5.56 Å². The summed E-state index contributed by atoms with van der Waals surface area (Å²) in [6.45, 7) is 7.71. The Morgan fingerprint density at radius 3 is 2.71 bits per heavy atom. The minimum absolute atomic E-state index is 0.0539. The third-order valence-electron chi connectivity index (χ3n) is 4.44. The fourth-order valence-electron chi connectivity index (χ4n) is 3.33. The minimum Gasteiger partial charge on any atom is -0.393 e. The van der Waals surface area contributed by atoms with Crippen molar-refractivity contribution in [2.75, 3.05) is 19.7 Å².